The van der Waals surface area contributed by atoms with Crippen LogP contribution in [0.5, 0.6) is 5.75 Å². The molecular formula is C19H22BrN3O4S. The minimum absolute atomic E-state index is 0.208. The van der Waals surface area contributed by atoms with Crippen LogP contribution in [0.4, 0.5) is 0 Å². The number of hydrogen-bond acceptors (Lipinski definition) is 7. The SMILES string of the molecule is CCCCCCOc1ccc(Br)cc1C=N/N=C1/NC(=O)/C(=C\C(=O)OC)S1. The maximum atomic E-state index is 11.8. The van der Waals surface area contributed by atoms with E-state index in [0.29, 0.717) is 6.61 Å². The third kappa shape index (κ3) is 7.12. The molecule has 1 aromatic rings. The quantitative estimate of drug-likeness (QED) is 0.195. The summed E-state index contributed by atoms with van der Waals surface area (Å²) in [4.78, 5) is 23.3. The summed E-state index contributed by atoms with van der Waals surface area (Å²) in [7, 11) is 1.25. The number of carbonyl (C=O) groups excluding carboxylic acids is 2. The molecule has 1 N–H and O–H groups in total. The van der Waals surface area contributed by atoms with Crippen molar-refractivity contribution in [1.29, 1.82) is 0 Å². The van der Waals surface area contributed by atoms with E-state index in [0.717, 1.165) is 46.5 Å². The molecule has 0 aromatic heterocycles. The monoisotopic (exact) mass is 467 g/mol. The Bertz CT molecular complexity index is 808. The number of amidine groups is 1. The molecule has 0 aliphatic carbocycles. The first-order chi connectivity index (χ1) is 13.5. The number of rotatable bonds is 9. The highest BCUT2D eigenvalue weighted by molar-refractivity contribution is 9.10. The first-order valence-corrected chi connectivity index (χ1v) is 10.5. The summed E-state index contributed by atoms with van der Waals surface area (Å²) in [6.45, 7) is 2.81. The lowest BCUT2D eigenvalue weighted by Crippen LogP contribution is -2.19. The van der Waals surface area contributed by atoms with Gasteiger partial charge in [-0.3, -0.25) is 10.1 Å². The molecule has 1 aromatic carbocycles. The Labute approximate surface area is 176 Å². The third-order valence-corrected chi connectivity index (χ3v) is 5.07. The van der Waals surface area contributed by atoms with E-state index in [9.17, 15) is 9.59 Å². The number of amides is 1. The molecule has 1 aliphatic rings. The van der Waals surface area contributed by atoms with E-state index >= 15 is 0 Å². The Hall–Kier alpha value is -2.13. The Morgan fingerprint density at radius 2 is 2.14 bits per heavy atom. The number of thioether (sulfide) groups is 1. The summed E-state index contributed by atoms with van der Waals surface area (Å²) < 4.78 is 11.3. The molecule has 1 aliphatic heterocycles. The summed E-state index contributed by atoms with van der Waals surface area (Å²) in [6, 6.07) is 5.66. The number of unbranched alkanes of at least 4 members (excludes halogenated alkanes) is 3. The lowest BCUT2D eigenvalue weighted by Gasteiger charge is -2.09. The summed E-state index contributed by atoms with van der Waals surface area (Å²) in [5, 5.41) is 10.9. The van der Waals surface area contributed by atoms with Crippen LogP contribution in [0, 0.1) is 0 Å². The number of esters is 1. The van der Waals surface area contributed by atoms with Crippen molar-refractivity contribution in [1.82, 2.24) is 5.32 Å². The molecule has 150 valence electrons. The van der Waals surface area contributed by atoms with Crippen LogP contribution < -0.4 is 10.1 Å². The lowest BCUT2D eigenvalue weighted by atomic mass is 10.2. The van der Waals surface area contributed by atoms with E-state index in [-0.39, 0.29) is 10.1 Å². The van der Waals surface area contributed by atoms with Crippen molar-refractivity contribution in [3.8, 4) is 5.75 Å². The standard InChI is InChI=1S/C19H22BrN3O4S/c1-3-4-5-6-9-27-15-8-7-14(20)10-13(15)12-21-23-19-22-18(25)16(28-19)11-17(24)26-2/h7-8,10-12H,3-6,9H2,1-2H3,(H,22,23,25)/b16-11+,21-12?. The van der Waals surface area contributed by atoms with E-state index in [1.807, 2.05) is 18.2 Å². The molecule has 2 rings (SSSR count). The van der Waals surface area contributed by atoms with E-state index in [2.05, 4.69) is 43.1 Å². The van der Waals surface area contributed by atoms with Crippen LogP contribution >= 0.6 is 27.7 Å². The average molecular weight is 468 g/mol. The van der Waals surface area contributed by atoms with Crippen LogP contribution in [-0.2, 0) is 14.3 Å². The maximum Gasteiger partial charge on any atom is 0.331 e. The predicted octanol–water partition coefficient (Wildman–Crippen LogP) is 4.02. The molecule has 0 atom stereocenters. The number of ether oxygens (including phenoxy) is 2. The van der Waals surface area contributed by atoms with Crippen molar-refractivity contribution in [2.75, 3.05) is 13.7 Å². The molecule has 0 radical (unpaired) electrons. The fourth-order valence-electron chi connectivity index (χ4n) is 2.25. The molecule has 0 bridgehead atoms. The highest BCUT2D eigenvalue weighted by atomic mass is 79.9. The van der Waals surface area contributed by atoms with Crippen LogP contribution in [0.3, 0.4) is 0 Å². The van der Waals surface area contributed by atoms with Gasteiger partial charge in [-0.2, -0.15) is 5.10 Å². The van der Waals surface area contributed by atoms with Crippen molar-refractivity contribution in [2.45, 2.75) is 32.6 Å². The highest BCUT2D eigenvalue weighted by Crippen LogP contribution is 2.24. The van der Waals surface area contributed by atoms with E-state index in [4.69, 9.17) is 4.74 Å². The predicted molar refractivity (Wildman–Crippen MR) is 115 cm³/mol. The molecule has 0 saturated carbocycles. The molecule has 28 heavy (non-hydrogen) atoms. The van der Waals surface area contributed by atoms with Crippen molar-refractivity contribution in [2.24, 2.45) is 10.2 Å². The van der Waals surface area contributed by atoms with Gasteiger partial charge < -0.3 is 9.47 Å². The van der Waals surface area contributed by atoms with Gasteiger partial charge >= 0.3 is 5.97 Å². The van der Waals surface area contributed by atoms with Crippen molar-refractivity contribution < 1.29 is 19.1 Å². The van der Waals surface area contributed by atoms with Crippen molar-refractivity contribution >= 4 is 51.0 Å². The number of hydrogen-bond donors (Lipinski definition) is 1. The Balaban J connectivity index is 2.02. The second-order valence-corrected chi connectivity index (χ2v) is 7.78. The number of nitrogens with one attached hydrogen (secondary N) is 1. The smallest absolute Gasteiger partial charge is 0.331 e. The lowest BCUT2D eigenvalue weighted by molar-refractivity contribution is -0.135. The molecule has 0 spiro atoms. The van der Waals surface area contributed by atoms with Crippen molar-refractivity contribution in [3.63, 3.8) is 0 Å². The first-order valence-electron chi connectivity index (χ1n) is 8.85. The van der Waals surface area contributed by atoms with E-state index < -0.39 is 11.9 Å². The molecule has 9 heteroatoms. The first kappa shape index (κ1) is 22.2. The zero-order valence-corrected chi connectivity index (χ0v) is 18.1. The zero-order chi connectivity index (χ0) is 20.4. The number of methoxy groups -OCH3 is 1. The number of halogens is 1. The Kier molecular flexibility index (Phi) is 9.22. The Morgan fingerprint density at radius 1 is 1.32 bits per heavy atom. The van der Waals surface area contributed by atoms with Crippen LogP contribution in [-0.4, -0.2) is 37.0 Å². The van der Waals surface area contributed by atoms with E-state index in [1.54, 1.807) is 6.21 Å². The molecule has 1 heterocycles. The van der Waals surface area contributed by atoms with Gasteiger partial charge in [0.1, 0.15) is 5.75 Å². The maximum absolute atomic E-state index is 11.8. The van der Waals surface area contributed by atoms with Gasteiger partial charge in [0.05, 0.1) is 24.8 Å². The topological polar surface area (TPSA) is 89.4 Å². The second kappa shape index (κ2) is 11.7. The molecular weight excluding hydrogens is 446 g/mol. The largest absolute Gasteiger partial charge is 0.493 e. The van der Waals surface area contributed by atoms with E-state index in [1.165, 1.54) is 20.0 Å². The summed E-state index contributed by atoms with van der Waals surface area (Å²) in [5.41, 5.74) is 0.772. The zero-order valence-electron chi connectivity index (χ0n) is 15.7. The third-order valence-electron chi connectivity index (χ3n) is 3.67. The van der Waals surface area contributed by atoms with Crippen molar-refractivity contribution in [3.05, 3.63) is 39.2 Å². The summed E-state index contributed by atoms with van der Waals surface area (Å²) >= 11 is 4.46. The minimum Gasteiger partial charge on any atom is -0.493 e. The van der Waals surface area contributed by atoms with Crippen LogP contribution in [0.1, 0.15) is 38.2 Å². The van der Waals surface area contributed by atoms with Gasteiger partial charge in [0.2, 0.25) is 0 Å². The van der Waals surface area contributed by atoms with Gasteiger partial charge in [0.15, 0.2) is 5.17 Å². The van der Waals surface area contributed by atoms with Gasteiger partial charge in [-0.05, 0) is 36.4 Å². The number of nitrogens with zero attached hydrogens (tertiary/aromatic N) is 2. The fraction of sp³-hybridized carbons (Fsp3) is 0.368. The molecule has 1 saturated heterocycles. The number of benzene rings is 1. The van der Waals surface area contributed by atoms with Crippen LogP contribution in [0.2, 0.25) is 0 Å². The van der Waals surface area contributed by atoms with Crippen LogP contribution in [0.15, 0.2) is 43.9 Å². The van der Waals surface area contributed by atoms with Crippen LogP contribution in [0.25, 0.3) is 0 Å². The average Bonchev–Trinajstić information content (AvgIpc) is 3.02. The molecule has 1 fully saturated rings. The summed E-state index contributed by atoms with van der Waals surface area (Å²) in [5.74, 6) is -0.293. The molecule has 1 amide bonds. The fourth-order valence-corrected chi connectivity index (χ4v) is 3.36. The Morgan fingerprint density at radius 3 is 2.89 bits per heavy atom. The second-order valence-electron chi connectivity index (χ2n) is 5.83. The highest BCUT2D eigenvalue weighted by Gasteiger charge is 2.25. The van der Waals surface area contributed by atoms with Gasteiger partial charge in [-0.15, -0.1) is 5.10 Å². The molecule has 0 unspecified atom stereocenters. The van der Waals surface area contributed by atoms with Gasteiger partial charge in [-0.1, -0.05) is 42.1 Å². The number of carbonyl (C=O) groups is 2. The van der Waals surface area contributed by atoms with Gasteiger partial charge in [-0.25, -0.2) is 4.79 Å². The minimum atomic E-state index is -0.600. The van der Waals surface area contributed by atoms with Gasteiger partial charge in [0, 0.05) is 16.1 Å². The normalized spacial score (nSPS) is 16.8. The molecule has 7 nitrogen and oxygen atoms in total. The summed E-state index contributed by atoms with van der Waals surface area (Å²) in [6.07, 6.45) is 7.20. The van der Waals surface area contributed by atoms with Gasteiger partial charge in [0.25, 0.3) is 5.91 Å².